The predicted octanol–water partition coefficient (Wildman–Crippen LogP) is -1.21. The molecule has 21 heavy (non-hydrogen) atoms. The van der Waals surface area contributed by atoms with Gasteiger partial charge in [0, 0.05) is 58.4 Å². The van der Waals surface area contributed by atoms with E-state index in [4.69, 9.17) is 0 Å². The molecule has 3 heterocycles. The fourth-order valence-electron chi connectivity index (χ4n) is 3.67. The molecule has 0 radical (unpaired) electrons. The molecular weight excluding hydrogens is 266 g/mol. The summed E-state index contributed by atoms with van der Waals surface area (Å²) in [6.45, 7) is 10.9. The molecule has 0 aliphatic carbocycles. The lowest BCUT2D eigenvalue weighted by atomic mass is 10.0. The van der Waals surface area contributed by atoms with Gasteiger partial charge in [0.1, 0.15) is 0 Å². The van der Waals surface area contributed by atoms with E-state index in [2.05, 4.69) is 25.3 Å². The number of hydrogen-bond donors (Lipinski definition) is 2. The van der Waals surface area contributed by atoms with Gasteiger partial charge in [0.15, 0.2) is 0 Å². The van der Waals surface area contributed by atoms with E-state index in [9.17, 15) is 4.79 Å². The van der Waals surface area contributed by atoms with Gasteiger partial charge in [-0.05, 0) is 25.9 Å². The average molecular weight is 295 g/mol. The summed E-state index contributed by atoms with van der Waals surface area (Å²) in [5.41, 5.74) is 0. The first kappa shape index (κ1) is 15.2. The number of rotatable bonds is 3. The van der Waals surface area contributed by atoms with Gasteiger partial charge in [-0.3, -0.25) is 14.6 Å². The molecule has 0 aromatic heterocycles. The Balaban J connectivity index is 1.40. The molecule has 3 rings (SSSR count). The van der Waals surface area contributed by atoms with Crippen LogP contribution in [0.5, 0.6) is 0 Å². The number of carbonyl (C=O) groups excluding carboxylic acids is 1. The van der Waals surface area contributed by atoms with Crippen LogP contribution in [0.1, 0.15) is 12.8 Å². The van der Waals surface area contributed by atoms with E-state index in [1.807, 2.05) is 0 Å². The van der Waals surface area contributed by atoms with E-state index in [1.54, 1.807) is 0 Å². The molecule has 0 spiro atoms. The number of nitrogens with one attached hydrogen (secondary N) is 2. The maximum atomic E-state index is 12.4. The largest absolute Gasteiger partial charge is 0.339 e. The summed E-state index contributed by atoms with van der Waals surface area (Å²) >= 11 is 0. The third kappa shape index (κ3) is 4.16. The predicted molar refractivity (Wildman–Crippen MR) is 83.4 cm³/mol. The minimum absolute atomic E-state index is 0.321. The molecular formula is C15H29N5O. The van der Waals surface area contributed by atoms with Gasteiger partial charge >= 0.3 is 0 Å². The van der Waals surface area contributed by atoms with Crippen molar-refractivity contribution < 1.29 is 4.79 Å². The third-order valence-corrected chi connectivity index (χ3v) is 5.06. The number of nitrogens with zero attached hydrogens (tertiary/aromatic N) is 3. The van der Waals surface area contributed by atoms with Crippen molar-refractivity contribution in [2.75, 3.05) is 72.0 Å². The molecule has 3 fully saturated rings. The average Bonchev–Trinajstić information content (AvgIpc) is 2.57. The van der Waals surface area contributed by atoms with Crippen molar-refractivity contribution in [2.24, 2.45) is 0 Å². The van der Waals surface area contributed by atoms with Crippen molar-refractivity contribution in [3.8, 4) is 0 Å². The summed E-state index contributed by atoms with van der Waals surface area (Å²) in [5, 5.41) is 6.76. The molecule has 6 heteroatoms. The Morgan fingerprint density at radius 3 is 2.14 bits per heavy atom. The van der Waals surface area contributed by atoms with Crippen molar-refractivity contribution in [1.82, 2.24) is 25.3 Å². The summed E-state index contributed by atoms with van der Waals surface area (Å²) in [6.07, 6.45) is 2.52. The highest BCUT2D eigenvalue weighted by Gasteiger charge is 2.27. The van der Waals surface area contributed by atoms with Crippen molar-refractivity contribution in [3.05, 3.63) is 0 Å². The molecule has 0 aromatic rings. The Hall–Kier alpha value is -0.690. The molecule has 2 N–H and O–H groups in total. The van der Waals surface area contributed by atoms with Crippen LogP contribution in [0.25, 0.3) is 0 Å². The topological polar surface area (TPSA) is 50.9 Å². The van der Waals surface area contributed by atoms with Crippen LogP contribution >= 0.6 is 0 Å². The fraction of sp³-hybridized carbons (Fsp3) is 0.933. The van der Waals surface area contributed by atoms with E-state index >= 15 is 0 Å². The fourth-order valence-corrected chi connectivity index (χ4v) is 3.67. The monoisotopic (exact) mass is 295 g/mol. The smallest absolute Gasteiger partial charge is 0.236 e. The van der Waals surface area contributed by atoms with Crippen LogP contribution < -0.4 is 10.6 Å². The van der Waals surface area contributed by atoms with Gasteiger partial charge in [-0.15, -0.1) is 0 Å². The summed E-state index contributed by atoms with van der Waals surface area (Å²) in [7, 11) is 0. The van der Waals surface area contributed by atoms with E-state index in [0.29, 0.717) is 12.5 Å². The van der Waals surface area contributed by atoms with E-state index in [0.717, 1.165) is 71.5 Å². The van der Waals surface area contributed by atoms with Crippen LogP contribution in [-0.2, 0) is 4.79 Å². The lowest BCUT2D eigenvalue weighted by molar-refractivity contribution is -0.134. The summed E-state index contributed by atoms with van der Waals surface area (Å²) < 4.78 is 0. The normalized spacial score (nSPS) is 27.0. The SMILES string of the molecule is O=C(CN1CCNCC1)N1CCN(C2CCNCC2)CC1. The highest BCUT2D eigenvalue weighted by Crippen LogP contribution is 2.14. The minimum Gasteiger partial charge on any atom is -0.339 e. The van der Waals surface area contributed by atoms with Crippen LogP contribution in [0.2, 0.25) is 0 Å². The number of hydrogen-bond acceptors (Lipinski definition) is 5. The second-order valence-electron chi connectivity index (χ2n) is 6.42. The first-order valence-corrected chi connectivity index (χ1v) is 8.48. The van der Waals surface area contributed by atoms with E-state index in [1.165, 1.54) is 12.8 Å². The van der Waals surface area contributed by atoms with Crippen LogP contribution in [0.15, 0.2) is 0 Å². The summed E-state index contributed by atoms with van der Waals surface area (Å²) in [5.74, 6) is 0.321. The first-order valence-electron chi connectivity index (χ1n) is 8.48. The third-order valence-electron chi connectivity index (χ3n) is 5.06. The zero-order valence-corrected chi connectivity index (χ0v) is 13.0. The molecule has 0 bridgehead atoms. The molecule has 6 nitrogen and oxygen atoms in total. The van der Waals surface area contributed by atoms with E-state index < -0.39 is 0 Å². The number of piperazine rings is 2. The van der Waals surface area contributed by atoms with Crippen LogP contribution in [0.4, 0.5) is 0 Å². The summed E-state index contributed by atoms with van der Waals surface area (Å²) in [6, 6.07) is 0.733. The minimum atomic E-state index is 0.321. The molecule has 3 aliphatic heterocycles. The van der Waals surface area contributed by atoms with Gasteiger partial charge in [0.05, 0.1) is 6.54 Å². The molecule has 0 unspecified atom stereocenters. The number of piperidine rings is 1. The van der Waals surface area contributed by atoms with E-state index in [-0.39, 0.29) is 0 Å². The highest BCUT2D eigenvalue weighted by molar-refractivity contribution is 5.78. The lowest BCUT2D eigenvalue weighted by Crippen LogP contribution is -2.56. The van der Waals surface area contributed by atoms with Crippen molar-refractivity contribution >= 4 is 5.91 Å². The Bertz CT molecular complexity index is 331. The molecule has 0 saturated carbocycles. The Morgan fingerprint density at radius 2 is 1.48 bits per heavy atom. The molecule has 3 aliphatic rings. The first-order chi connectivity index (χ1) is 10.3. The second-order valence-corrected chi connectivity index (χ2v) is 6.42. The van der Waals surface area contributed by atoms with Gasteiger partial charge in [-0.1, -0.05) is 0 Å². The van der Waals surface area contributed by atoms with Gasteiger partial charge in [-0.25, -0.2) is 0 Å². The maximum Gasteiger partial charge on any atom is 0.236 e. The molecule has 120 valence electrons. The Kier molecular flexibility index (Phi) is 5.46. The van der Waals surface area contributed by atoms with Crippen molar-refractivity contribution in [1.29, 1.82) is 0 Å². The zero-order valence-electron chi connectivity index (χ0n) is 13.0. The number of amides is 1. The molecule has 1 amide bonds. The Morgan fingerprint density at radius 1 is 0.857 bits per heavy atom. The van der Waals surface area contributed by atoms with Crippen LogP contribution in [0.3, 0.4) is 0 Å². The molecule has 0 aromatic carbocycles. The number of carbonyl (C=O) groups is 1. The van der Waals surface area contributed by atoms with Gasteiger partial charge < -0.3 is 15.5 Å². The zero-order chi connectivity index (χ0) is 14.5. The standard InChI is InChI=1S/C15H29N5O/c21-15(13-18-7-5-17-6-8-18)20-11-9-19(10-12-20)14-1-3-16-4-2-14/h14,16-17H,1-13H2. The van der Waals surface area contributed by atoms with Gasteiger partial charge in [-0.2, -0.15) is 0 Å². The summed E-state index contributed by atoms with van der Waals surface area (Å²) in [4.78, 5) is 19.3. The van der Waals surface area contributed by atoms with Gasteiger partial charge in [0.25, 0.3) is 0 Å². The maximum absolute atomic E-state index is 12.4. The van der Waals surface area contributed by atoms with Crippen LogP contribution in [0, 0.1) is 0 Å². The van der Waals surface area contributed by atoms with Crippen molar-refractivity contribution in [3.63, 3.8) is 0 Å². The quantitative estimate of drug-likeness (QED) is 0.684. The molecule has 0 atom stereocenters. The van der Waals surface area contributed by atoms with Crippen molar-refractivity contribution in [2.45, 2.75) is 18.9 Å². The highest BCUT2D eigenvalue weighted by atomic mass is 16.2. The second kappa shape index (κ2) is 7.54. The lowest BCUT2D eigenvalue weighted by Gasteiger charge is -2.41. The Labute approximate surface area is 127 Å². The molecule has 3 saturated heterocycles. The van der Waals surface area contributed by atoms with Crippen LogP contribution in [-0.4, -0.2) is 98.6 Å². The van der Waals surface area contributed by atoms with Gasteiger partial charge in [0.2, 0.25) is 5.91 Å².